The maximum atomic E-state index is 12.6. The predicted octanol–water partition coefficient (Wildman–Crippen LogP) is 4.76. The zero-order chi connectivity index (χ0) is 25.0. The summed E-state index contributed by atoms with van der Waals surface area (Å²) in [6.07, 6.45) is 5.26. The molecule has 4 heterocycles. The molecule has 1 aliphatic heterocycles. The first-order chi connectivity index (χ1) is 16.7. The summed E-state index contributed by atoms with van der Waals surface area (Å²) < 4.78 is 7.30. The van der Waals surface area contributed by atoms with Crippen LogP contribution < -0.4 is 5.32 Å². The molecule has 4 rings (SSSR count). The first-order valence-corrected chi connectivity index (χ1v) is 11.8. The summed E-state index contributed by atoms with van der Waals surface area (Å²) in [6.45, 7) is 13.9. The van der Waals surface area contributed by atoms with Gasteiger partial charge in [0, 0.05) is 42.1 Å². The minimum atomic E-state index is -0.527. The lowest BCUT2D eigenvalue weighted by atomic mass is 9.94. The molecule has 0 saturated carbocycles. The Morgan fingerprint density at radius 2 is 2.11 bits per heavy atom. The molecular formula is C26H30N6O3. The molecule has 3 aromatic heterocycles. The largest absolute Gasteiger partial charge is 0.444 e. The van der Waals surface area contributed by atoms with E-state index in [9.17, 15) is 9.59 Å². The molecule has 3 aromatic rings. The standard InChI is InChI=1S/C26H30N6O3/c1-26(2,3)35-25(34)31-13-6-7-18(17-31)21-8-5-9-22(30-21)20-16-28-32-14-11-19(15-23(20)32)29-24(33)10-12-27-4/h5,8-9,11,14-16,18H,6-7,10,12-13,17H2,1-3H3,(H,29,33). The third-order valence-electron chi connectivity index (χ3n) is 5.79. The predicted molar refractivity (Wildman–Crippen MR) is 133 cm³/mol. The van der Waals surface area contributed by atoms with E-state index in [1.165, 1.54) is 0 Å². The zero-order valence-corrected chi connectivity index (χ0v) is 20.3. The molecule has 9 nitrogen and oxygen atoms in total. The maximum absolute atomic E-state index is 12.6. The topological polar surface area (TPSA) is 93.2 Å². The monoisotopic (exact) mass is 474 g/mol. The van der Waals surface area contributed by atoms with Crippen molar-refractivity contribution in [2.24, 2.45) is 0 Å². The van der Waals surface area contributed by atoms with E-state index in [0.717, 1.165) is 35.3 Å². The van der Waals surface area contributed by atoms with Crippen LogP contribution >= 0.6 is 0 Å². The van der Waals surface area contributed by atoms with Crippen LogP contribution in [0.15, 0.2) is 42.7 Å². The Morgan fingerprint density at radius 1 is 1.29 bits per heavy atom. The molecule has 1 saturated heterocycles. The van der Waals surface area contributed by atoms with Gasteiger partial charge in [-0.15, -0.1) is 0 Å². The van der Waals surface area contributed by atoms with E-state index in [2.05, 4.69) is 15.3 Å². The zero-order valence-electron chi connectivity index (χ0n) is 20.3. The maximum Gasteiger partial charge on any atom is 0.410 e. The number of carbonyl (C=O) groups is 2. The number of likely N-dealkylation sites (tertiary alicyclic amines) is 1. The fraction of sp³-hybridized carbons (Fsp3) is 0.423. The Balaban J connectivity index is 1.55. The first kappa shape index (κ1) is 24.2. The van der Waals surface area contributed by atoms with E-state index in [-0.39, 0.29) is 30.9 Å². The van der Waals surface area contributed by atoms with Crippen molar-refractivity contribution in [2.75, 3.05) is 25.0 Å². The number of anilines is 1. The van der Waals surface area contributed by atoms with E-state index in [0.29, 0.717) is 18.8 Å². The van der Waals surface area contributed by atoms with Crippen LogP contribution in [-0.4, -0.2) is 56.7 Å². The van der Waals surface area contributed by atoms with Gasteiger partial charge in [-0.25, -0.2) is 15.9 Å². The molecule has 1 aliphatic rings. The van der Waals surface area contributed by atoms with Crippen molar-refractivity contribution in [2.45, 2.75) is 51.6 Å². The summed E-state index contributed by atoms with van der Waals surface area (Å²) in [6, 6.07) is 9.55. The second-order valence-corrected chi connectivity index (χ2v) is 9.70. The summed E-state index contributed by atoms with van der Waals surface area (Å²) in [5, 5.41) is 7.27. The van der Waals surface area contributed by atoms with Crippen LogP contribution in [0.2, 0.25) is 0 Å². The van der Waals surface area contributed by atoms with Crippen molar-refractivity contribution in [1.29, 1.82) is 0 Å². The van der Waals surface area contributed by atoms with Crippen LogP contribution in [0, 0.1) is 6.57 Å². The van der Waals surface area contributed by atoms with Crippen LogP contribution in [0.5, 0.6) is 0 Å². The van der Waals surface area contributed by atoms with Gasteiger partial charge in [0.05, 0.1) is 23.8 Å². The van der Waals surface area contributed by atoms with Crippen LogP contribution in [0.3, 0.4) is 0 Å². The highest BCUT2D eigenvalue weighted by molar-refractivity contribution is 5.92. The molecule has 1 N–H and O–H groups in total. The number of piperidine rings is 1. The number of pyridine rings is 2. The van der Waals surface area contributed by atoms with Crippen molar-refractivity contribution in [3.05, 3.63) is 59.8 Å². The number of amides is 2. The second-order valence-electron chi connectivity index (χ2n) is 9.70. The summed E-state index contributed by atoms with van der Waals surface area (Å²) in [4.78, 5) is 34.6. The molecule has 1 fully saturated rings. The van der Waals surface area contributed by atoms with Gasteiger partial charge in [0.25, 0.3) is 0 Å². The third kappa shape index (κ3) is 5.96. The van der Waals surface area contributed by atoms with E-state index in [1.807, 2.05) is 45.0 Å². The first-order valence-electron chi connectivity index (χ1n) is 11.8. The SMILES string of the molecule is [C-]#[N+]CCC(=O)Nc1ccn2ncc(-c3cccc(C4CCCN(C(=O)OC(C)(C)C)C4)n3)c2c1. The van der Waals surface area contributed by atoms with E-state index >= 15 is 0 Å². The minimum Gasteiger partial charge on any atom is -0.444 e. The number of hydrogen-bond acceptors (Lipinski definition) is 5. The Bertz CT molecular complexity index is 1270. The smallest absolute Gasteiger partial charge is 0.410 e. The highest BCUT2D eigenvalue weighted by atomic mass is 16.6. The molecule has 0 spiro atoms. The number of hydrogen-bond donors (Lipinski definition) is 1. The number of ether oxygens (including phenoxy) is 1. The summed E-state index contributed by atoms with van der Waals surface area (Å²) in [5.74, 6) is -0.0752. The van der Waals surface area contributed by atoms with Crippen LogP contribution in [-0.2, 0) is 9.53 Å². The lowest BCUT2D eigenvalue weighted by molar-refractivity contribution is -0.115. The minimum absolute atomic E-state index is 0.121. The van der Waals surface area contributed by atoms with E-state index < -0.39 is 5.60 Å². The van der Waals surface area contributed by atoms with Crippen LogP contribution in [0.25, 0.3) is 21.6 Å². The van der Waals surface area contributed by atoms with Crippen molar-refractivity contribution < 1.29 is 14.3 Å². The highest BCUT2D eigenvalue weighted by Crippen LogP contribution is 2.30. The Kier molecular flexibility index (Phi) is 7.01. The Morgan fingerprint density at radius 3 is 2.89 bits per heavy atom. The quantitative estimate of drug-likeness (QED) is 0.538. The lowest BCUT2D eigenvalue weighted by Gasteiger charge is -2.34. The van der Waals surface area contributed by atoms with Gasteiger partial charge >= 0.3 is 6.09 Å². The average molecular weight is 475 g/mol. The van der Waals surface area contributed by atoms with Gasteiger partial charge in [0.1, 0.15) is 5.60 Å². The molecule has 2 amide bonds. The Labute approximate surface area is 204 Å². The van der Waals surface area contributed by atoms with E-state index in [4.69, 9.17) is 16.3 Å². The molecule has 0 aromatic carbocycles. The molecule has 1 unspecified atom stereocenters. The average Bonchev–Trinajstić information content (AvgIpc) is 3.25. The van der Waals surface area contributed by atoms with Crippen molar-refractivity contribution >= 4 is 23.2 Å². The van der Waals surface area contributed by atoms with Crippen LogP contribution in [0.4, 0.5) is 10.5 Å². The third-order valence-corrected chi connectivity index (χ3v) is 5.79. The van der Waals surface area contributed by atoms with Crippen LogP contribution in [0.1, 0.15) is 51.6 Å². The molecular weight excluding hydrogens is 444 g/mol. The second kappa shape index (κ2) is 10.1. The van der Waals surface area contributed by atoms with Gasteiger partial charge < -0.3 is 19.8 Å². The molecule has 0 bridgehead atoms. The lowest BCUT2D eigenvalue weighted by Crippen LogP contribution is -2.42. The highest BCUT2D eigenvalue weighted by Gasteiger charge is 2.29. The van der Waals surface area contributed by atoms with Gasteiger partial charge in [0.2, 0.25) is 12.5 Å². The number of nitrogens with one attached hydrogen (secondary N) is 1. The molecule has 0 radical (unpaired) electrons. The number of nitrogens with zero attached hydrogens (tertiary/aromatic N) is 5. The fourth-order valence-electron chi connectivity index (χ4n) is 4.18. The number of rotatable bonds is 5. The van der Waals surface area contributed by atoms with Gasteiger partial charge in [-0.1, -0.05) is 6.07 Å². The molecule has 1 atom stereocenters. The van der Waals surface area contributed by atoms with Gasteiger partial charge in [-0.3, -0.25) is 9.78 Å². The van der Waals surface area contributed by atoms with Gasteiger partial charge in [-0.05, 0) is 57.9 Å². The molecule has 35 heavy (non-hydrogen) atoms. The molecule has 0 aliphatic carbocycles. The normalized spacial score (nSPS) is 16.1. The summed E-state index contributed by atoms with van der Waals surface area (Å²) in [7, 11) is 0. The van der Waals surface area contributed by atoms with Gasteiger partial charge in [-0.2, -0.15) is 5.10 Å². The fourth-order valence-corrected chi connectivity index (χ4v) is 4.18. The van der Waals surface area contributed by atoms with Gasteiger partial charge in [0.15, 0.2) is 0 Å². The molecule has 182 valence electrons. The van der Waals surface area contributed by atoms with Crippen molar-refractivity contribution in [1.82, 2.24) is 19.5 Å². The van der Waals surface area contributed by atoms with Crippen molar-refractivity contribution in [3.63, 3.8) is 0 Å². The number of carbonyl (C=O) groups excluding carboxylic acids is 2. The summed E-state index contributed by atoms with van der Waals surface area (Å²) >= 11 is 0. The number of aromatic nitrogens is 3. The summed E-state index contributed by atoms with van der Waals surface area (Å²) in [5.41, 5.74) is 3.49. The molecule has 9 heteroatoms. The Hall–Kier alpha value is -3.93. The van der Waals surface area contributed by atoms with E-state index in [1.54, 1.807) is 27.9 Å². The van der Waals surface area contributed by atoms with Crippen molar-refractivity contribution in [3.8, 4) is 11.3 Å². The number of fused-ring (bicyclic) bond motifs is 1.